The van der Waals surface area contributed by atoms with Gasteiger partial charge in [0.2, 0.25) is 0 Å². The Bertz CT molecular complexity index is 1290. The normalized spacial score (nSPS) is 18.2. The van der Waals surface area contributed by atoms with E-state index < -0.39 is 0 Å². The number of rotatable bonds is 8. The number of hydrogen-bond donors (Lipinski definition) is 0. The summed E-state index contributed by atoms with van der Waals surface area (Å²) in [5.74, 6) is 13.6. The number of aryl methyl sites for hydroxylation is 2. The molecule has 0 unspecified atom stereocenters. The van der Waals surface area contributed by atoms with E-state index in [0.29, 0.717) is 12.1 Å². The fraction of sp³-hybridized carbons (Fsp3) is 0.444. The Labute approximate surface area is 274 Å². The smallest absolute Gasteiger partial charge is 0.173 e. The highest BCUT2D eigenvalue weighted by atomic mass is 79.9. The van der Waals surface area contributed by atoms with E-state index in [-0.39, 0.29) is 34.0 Å². The summed E-state index contributed by atoms with van der Waals surface area (Å²) in [4.78, 5) is 4.94. The first-order valence-electron chi connectivity index (χ1n) is 15.1. The highest BCUT2D eigenvalue weighted by Crippen LogP contribution is 2.30. The topological polar surface area (TPSA) is 14.2 Å². The van der Waals surface area contributed by atoms with Crippen molar-refractivity contribution in [2.75, 3.05) is 27.2 Å². The van der Waals surface area contributed by atoms with Crippen molar-refractivity contribution in [1.29, 1.82) is 0 Å². The Balaban J connectivity index is 0.00000242. The van der Waals surface area contributed by atoms with Gasteiger partial charge in [-0.05, 0) is 77.1 Å². The van der Waals surface area contributed by atoms with Gasteiger partial charge >= 0.3 is 0 Å². The predicted molar refractivity (Wildman–Crippen MR) is 161 cm³/mol. The average Bonchev–Trinajstić information content (AvgIpc) is 3.61. The predicted octanol–water partition coefficient (Wildman–Crippen LogP) is -0.533. The summed E-state index contributed by atoms with van der Waals surface area (Å²) in [6.07, 6.45) is 18.0. The van der Waals surface area contributed by atoms with Crippen molar-refractivity contribution in [3.63, 3.8) is 0 Å². The first-order chi connectivity index (χ1) is 19.7. The molecule has 2 aliphatic heterocycles. The highest BCUT2D eigenvalue weighted by molar-refractivity contribution is 5.49. The van der Waals surface area contributed by atoms with Crippen molar-refractivity contribution in [3.8, 4) is 23.7 Å². The summed E-state index contributed by atoms with van der Waals surface area (Å²) in [6.45, 7) is 4.40. The Kier molecular flexibility index (Phi) is 14.2. The number of halogens is 2. The molecule has 0 spiro atoms. The second-order valence-corrected chi connectivity index (χ2v) is 11.4. The summed E-state index contributed by atoms with van der Waals surface area (Å²) in [5.41, 5.74) is 4.95. The molecule has 42 heavy (non-hydrogen) atoms. The van der Waals surface area contributed by atoms with Gasteiger partial charge in [0.05, 0.1) is 0 Å². The van der Waals surface area contributed by atoms with Crippen LogP contribution in [0.1, 0.15) is 85.7 Å². The lowest BCUT2D eigenvalue weighted by Gasteiger charge is -2.18. The zero-order valence-electron chi connectivity index (χ0n) is 25.1. The van der Waals surface area contributed by atoms with E-state index in [1.807, 2.05) is 0 Å². The lowest BCUT2D eigenvalue weighted by Crippen LogP contribution is -3.00. The van der Waals surface area contributed by atoms with Gasteiger partial charge in [0.25, 0.3) is 0 Å². The molecule has 222 valence electrons. The van der Waals surface area contributed by atoms with Crippen molar-refractivity contribution < 1.29 is 43.1 Å². The summed E-state index contributed by atoms with van der Waals surface area (Å²) >= 11 is 0. The van der Waals surface area contributed by atoms with E-state index in [1.54, 1.807) is 0 Å². The molecule has 2 aromatic heterocycles. The van der Waals surface area contributed by atoms with Crippen LogP contribution < -0.4 is 43.1 Å². The van der Waals surface area contributed by atoms with Crippen LogP contribution in [0.5, 0.6) is 0 Å². The fourth-order valence-electron chi connectivity index (χ4n) is 6.14. The third-order valence-electron chi connectivity index (χ3n) is 8.38. The molecule has 0 radical (unpaired) electrons. The van der Waals surface area contributed by atoms with Gasteiger partial charge in [0, 0.05) is 72.2 Å². The maximum Gasteiger partial charge on any atom is 0.173 e. The maximum absolute atomic E-state index is 3.40. The largest absolute Gasteiger partial charge is 1.00 e. The third-order valence-corrected chi connectivity index (χ3v) is 8.38. The number of nitrogens with zero attached hydrogens (tertiary/aromatic N) is 4. The molecule has 1 aromatic carbocycles. The fourth-order valence-corrected chi connectivity index (χ4v) is 6.14. The van der Waals surface area contributed by atoms with E-state index in [1.165, 1.54) is 49.9 Å². The van der Waals surface area contributed by atoms with Crippen LogP contribution in [-0.2, 0) is 13.1 Å². The molecule has 2 atom stereocenters. The SMILES string of the molecule is CN1CCC[C@@H]1c1ccc[n+](CCCC#Cc2ccccc2C#CCCC[n+]2cccc([C@@H]3CCCN3C)c2)c1.[Br-].[Br-]. The highest BCUT2D eigenvalue weighted by Gasteiger charge is 2.25. The summed E-state index contributed by atoms with van der Waals surface area (Å²) in [5, 5.41) is 0. The zero-order valence-corrected chi connectivity index (χ0v) is 28.3. The van der Waals surface area contributed by atoms with Crippen LogP contribution in [0.15, 0.2) is 73.3 Å². The van der Waals surface area contributed by atoms with Crippen LogP contribution in [0.2, 0.25) is 0 Å². The number of hydrogen-bond acceptors (Lipinski definition) is 2. The minimum atomic E-state index is 0. The Morgan fingerprint density at radius 3 is 1.52 bits per heavy atom. The Morgan fingerprint density at radius 2 is 1.12 bits per heavy atom. The van der Waals surface area contributed by atoms with Crippen LogP contribution in [0.3, 0.4) is 0 Å². The monoisotopic (exact) mass is 690 g/mol. The van der Waals surface area contributed by atoms with Crippen molar-refractivity contribution in [3.05, 3.63) is 95.6 Å². The summed E-state index contributed by atoms with van der Waals surface area (Å²) in [6, 6.07) is 18.4. The molecule has 0 bridgehead atoms. The van der Waals surface area contributed by atoms with Crippen molar-refractivity contribution in [2.24, 2.45) is 0 Å². The molecule has 0 aliphatic carbocycles. The van der Waals surface area contributed by atoms with Gasteiger partial charge in [0.1, 0.15) is 13.1 Å². The van der Waals surface area contributed by atoms with Gasteiger partial charge in [-0.15, -0.1) is 0 Å². The minimum Gasteiger partial charge on any atom is -1.00 e. The summed E-state index contributed by atoms with van der Waals surface area (Å²) in [7, 11) is 4.48. The first-order valence-corrected chi connectivity index (χ1v) is 15.1. The standard InChI is InChI=1S/C36H44N4.2BrH/c1-37-23-13-21-35(37)33-19-11-27-39(29-33)25-9-3-5-15-31-17-7-8-18-32(31)16-6-4-10-26-40-28-12-20-34(30-40)36-22-14-24-38(36)2;;/h7-8,11-12,17-20,27-30,35-36H,3-4,9-10,13-14,21-26H2,1-2H3;2*1H/q+2;;/p-2/t35-,36+;;. The molecule has 3 aromatic rings. The van der Waals surface area contributed by atoms with Crippen LogP contribution in [0.25, 0.3) is 0 Å². The van der Waals surface area contributed by atoms with Gasteiger partial charge < -0.3 is 34.0 Å². The zero-order chi connectivity index (χ0) is 27.6. The number of likely N-dealkylation sites (tertiary alicyclic amines) is 2. The lowest BCUT2D eigenvalue weighted by atomic mass is 10.1. The molecule has 2 saturated heterocycles. The molecule has 2 aliphatic rings. The van der Waals surface area contributed by atoms with E-state index in [2.05, 4.69) is 130 Å². The van der Waals surface area contributed by atoms with Crippen molar-refractivity contribution in [1.82, 2.24) is 9.80 Å². The number of aromatic nitrogens is 2. The summed E-state index contributed by atoms with van der Waals surface area (Å²) < 4.78 is 4.65. The van der Waals surface area contributed by atoms with Crippen molar-refractivity contribution in [2.45, 2.75) is 76.5 Å². The van der Waals surface area contributed by atoms with Crippen LogP contribution in [0, 0.1) is 23.7 Å². The Hall–Kier alpha value is -2.48. The Morgan fingerprint density at radius 1 is 0.667 bits per heavy atom. The second kappa shape index (κ2) is 17.6. The number of pyridine rings is 2. The van der Waals surface area contributed by atoms with Crippen LogP contribution >= 0.6 is 0 Å². The molecule has 5 rings (SSSR count). The van der Waals surface area contributed by atoms with E-state index in [4.69, 9.17) is 0 Å². The molecule has 4 heterocycles. The van der Waals surface area contributed by atoms with Gasteiger partial charge in [-0.2, -0.15) is 0 Å². The maximum atomic E-state index is 3.40. The molecule has 0 amide bonds. The van der Waals surface area contributed by atoms with Gasteiger partial charge in [0.15, 0.2) is 24.8 Å². The van der Waals surface area contributed by atoms with Crippen LogP contribution in [0.4, 0.5) is 0 Å². The molecule has 0 saturated carbocycles. The second-order valence-electron chi connectivity index (χ2n) is 11.4. The van der Waals surface area contributed by atoms with E-state index >= 15 is 0 Å². The number of benzene rings is 1. The third kappa shape index (κ3) is 9.51. The minimum absolute atomic E-state index is 0. The van der Waals surface area contributed by atoms with Gasteiger partial charge in [-0.3, -0.25) is 9.80 Å². The molecule has 4 nitrogen and oxygen atoms in total. The number of unbranched alkanes of at least 4 members (excludes halogenated alkanes) is 2. The lowest BCUT2D eigenvalue weighted by molar-refractivity contribution is -0.697. The average molecular weight is 693 g/mol. The van der Waals surface area contributed by atoms with Gasteiger partial charge in [-0.1, -0.05) is 35.8 Å². The molecule has 0 N–H and O–H groups in total. The quantitative estimate of drug-likeness (QED) is 0.179. The molecular formula is C36H44Br2N4. The van der Waals surface area contributed by atoms with E-state index in [0.717, 1.165) is 49.9 Å². The molecule has 2 fully saturated rings. The molecule has 6 heteroatoms. The molecular weight excluding hydrogens is 648 g/mol. The first kappa shape index (κ1) is 34.0. The van der Waals surface area contributed by atoms with Crippen molar-refractivity contribution >= 4 is 0 Å². The van der Waals surface area contributed by atoms with E-state index in [9.17, 15) is 0 Å². The van der Waals surface area contributed by atoms with Crippen LogP contribution in [-0.4, -0.2) is 37.0 Å². The van der Waals surface area contributed by atoms with Gasteiger partial charge in [-0.25, -0.2) is 9.13 Å².